The number of thioether (sulfide) groups is 1. The van der Waals surface area contributed by atoms with E-state index in [0.717, 1.165) is 54.8 Å². The van der Waals surface area contributed by atoms with Gasteiger partial charge in [-0.05, 0) is 55.3 Å². The molecular weight excluding hydrogens is 380 g/mol. The van der Waals surface area contributed by atoms with Crippen LogP contribution < -0.4 is 5.32 Å². The minimum absolute atomic E-state index is 0.216. The number of hydrogen-bond acceptors (Lipinski definition) is 7. The standard InChI is InChI=1S/C19H22N4O2S2/c24-17(25)12-26-11-13-3-7-23(8-4-13)10-14-1-2-16-15(9-14)22-18-19(27-16)21-6-5-20-18/h1-2,5-6,9,13H,3-4,7-8,10-12H2,(H,20,22)(H,24,25). The third-order valence-corrected chi connectivity index (χ3v) is 7.09. The van der Waals surface area contributed by atoms with Crippen molar-refractivity contribution in [2.24, 2.45) is 5.92 Å². The van der Waals surface area contributed by atoms with Gasteiger partial charge < -0.3 is 10.4 Å². The Kier molecular flexibility index (Phi) is 5.85. The molecule has 0 amide bonds. The van der Waals surface area contributed by atoms with Gasteiger partial charge in [-0.2, -0.15) is 0 Å². The third-order valence-electron chi connectivity index (χ3n) is 4.86. The maximum absolute atomic E-state index is 10.6. The number of carboxylic acid groups (broad SMARTS) is 1. The monoisotopic (exact) mass is 402 g/mol. The molecule has 4 rings (SSSR count). The van der Waals surface area contributed by atoms with Crippen molar-refractivity contribution in [2.75, 3.05) is 29.9 Å². The minimum Gasteiger partial charge on any atom is -0.481 e. The Morgan fingerprint density at radius 1 is 1.30 bits per heavy atom. The topological polar surface area (TPSA) is 78.4 Å². The van der Waals surface area contributed by atoms with E-state index >= 15 is 0 Å². The van der Waals surface area contributed by atoms with Crippen LogP contribution in [0, 0.1) is 5.92 Å². The lowest BCUT2D eigenvalue weighted by Gasteiger charge is -2.32. The number of rotatable bonds is 6. The second kappa shape index (κ2) is 8.50. The average molecular weight is 403 g/mol. The van der Waals surface area contributed by atoms with E-state index in [1.165, 1.54) is 10.5 Å². The van der Waals surface area contributed by atoms with Gasteiger partial charge in [-0.15, -0.1) is 11.8 Å². The van der Waals surface area contributed by atoms with Crippen molar-refractivity contribution < 1.29 is 9.90 Å². The molecule has 1 aromatic heterocycles. The minimum atomic E-state index is -0.717. The van der Waals surface area contributed by atoms with Crippen LogP contribution in [0.1, 0.15) is 18.4 Å². The largest absolute Gasteiger partial charge is 0.481 e. The van der Waals surface area contributed by atoms with Crippen molar-refractivity contribution in [3.8, 4) is 0 Å². The third kappa shape index (κ3) is 4.75. The average Bonchev–Trinajstić information content (AvgIpc) is 2.67. The van der Waals surface area contributed by atoms with E-state index in [4.69, 9.17) is 5.11 Å². The van der Waals surface area contributed by atoms with E-state index in [1.807, 2.05) is 0 Å². The van der Waals surface area contributed by atoms with Gasteiger partial charge >= 0.3 is 5.97 Å². The van der Waals surface area contributed by atoms with Crippen molar-refractivity contribution in [2.45, 2.75) is 29.3 Å². The Morgan fingerprint density at radius 3 is 2.93 bits per heavy atom. The lowest BCUT2D eigenvalue weighted by atomic mass is 9.98. The van der Waals surface area contributed by atoms with Crippen LogP contribution in [0.25, 0.3) is 0 Å². The highest BCUT2D eigenvalue weighted by Gasteiger charge is 2.21. The zero-order chi connectivity index (χ0) is 18.6. The molecule has 1 aromatic carbocycles. The van der Waals surface area contributed by atoms with E-state index in [1.54, 1.807) is 35.9 Å². The van der Waals surface area contributed by atoms with E-state index < -0.39 is 5.97 Å². The van der Waals surface area contributed by atoms with Gasteiger partial charge in [0.15, 0.2) is 5.82 Å². The number of likely N-dealkylation sites (tertiary alicyclic amines) is 1. The van der Waals surface area contributed by atoms with Crippen molar-refractivity contribution in [3.63, 3.8) is 0 Å². The molecule has 27 heavy (non-hydrogen) atoms. The van der Waals surface area contributed by atoms with E-state index in [9.17, 15) is 4.79 Å². The highest BCUT2D eigenvalue weighted by Crippen LogP contribution is 2.42. The molecule has 0 bridgehead atoms. The molecular formula is C19H22N4O2S2. The quantitative estimate of drug-likeness (QED) is 0.646. The molecule has 0 radical (unpaired) electrons. The maximum atomic E-state index is 10.6. The summed E-state index contributed by atoms with van der Waals surface area (Å²) in [4.78, 5) is 23.0. The van der Waals surface area contributed by atoms with Crippen LogP contribution in [0.3, 0.4) is 0 Å². The summed E-state index contributed by atoms with van der Waals surface area (Å²) in [7, 11) is 0. The number of piperidine rings is 1. The SMILES string of the molecule is O=C(O)CSCC1CCN(Cc2ccc3c(c2)Nc2nccnc2S3)CC1. The summed E-state index contributed by atoms with van der Waals surface area (Å²) in [5, 5.41) is 13.1. The van der Waals surface area contributed by atoms with E-state index in [2.05, 4.69) is 38.4 Å². The highest BCUT2D eigenvalue weighted by atomic mass is 32.2. The highest BCUT2D eigenvalue weighted by molar-refractivity contribution is 8.00. The van der Waals surface area contributed by atoms with Crippen LogP contribution in [-0.2, 0) is 11.3 Å². The van der Waals surface area contributed by atoms with Gasteiger partial charge in [-0.25, -0.2) is 9.97 Å². The molecule has 3 heterocycles. The summed E-state index contributed by atoms with van der Waals surface area (Å²) < 4.78 is 0. The molecule has 2 N–H and O–H groups in total. The first-order valence-corrected chi connectivity index (χ1v) is 11.1. The first-order valence-electron chi connectivity index (χ1n) is 9.08. The Bertz CT molecular complexity index is 825. The molecule has 0 spiro atoms. The first-order chi connectivity index (χ1) is 13.2. The van der Waals surface area contributed by atoms with Crippen molar-refractivity contribution in [3.05, 3.63) is 36.2 Å². The van der Waals surface area contributed by atoms with E-state index in [-0.39, 0.29) is 5.75 Å². The molecule has 6 nitrogen and oxygen atoms in total. The van der Waals surface area contributed by atoms with Crippen LogP contribution in [-0.4, -0.2) is 50.5 Å². The molecule has 8 heteroatoms. The van der Waals surface area contributed by atoms with Gasteiger partial charge in [0.1, 0.15) is 5.03 Å². The number of anilines is 2. The number of aliphatic carboxylic acids is 1. The number of carbonyl (C=O) groups is 1. The number of nitrogens with one attached hydrogen (secondary N) is 1. The van der Waals surface area contributed by atoms with Gasteiger partial charge in [0.05, 0.1) is 11.4 Å². The summed E-state index contributed by atoms with van der Waals surface area (Å²) in [5.74, 6) is 1.92. The maximum Gasteiger partial charge on any atom is 0.313 e. The van der Waals surface area contributed by atoms with Crippen molar-refractivity contribution in [1.29, 1.82) is 0 Å². The molecule has 2 aliphatic rings. The van der Waals surface area contributed by atoms with Crippen molar-refractivity contribution >= 4 is 41.0 Å². The molecule has 0 saturated carbocycles. The number of carboxylic acids is 1. The van der Waals surface area contributed by atoms with Gasteiger partial charge in [0, 0.05) is 23.8 Å². The molecule has 2 aliphatic heterocycles. The normalized spacial score (nSPS) is 17.0. The Morgan fingerprint density at radius 2 is 2.11 bits per heavy atom. The first kappa shape index (κ1) is 18.6. The van der Waals surface area contributed by atoms with Crippen LogP contribution in [0.4, 0.5) is 11.5 Å². The van der Waals surface area contributed by atoms with Gasteiger partial charge in [0.2, 0.25) is 0 Å². The summed E-state index contributed by atoms with van der Waals surface area (Å²) in [6.07, 6.45) is 5.72. The molecule has 0 aliphatic carbocycles. The zero-order valence-corrected chi connectivity index (χ0v) is 16.6. The Hall–Kier alpha value is -1.77. The number of benzene rings is 1. The molecule has 1 fully saturated rings. The summed E-state index contributed by atoms with van der Waals surface area (Å²) in [5.41, 5.74) is 2.40. The predicted molar refractivity (Wildman–Crippen MR) is 109 cm³/mol. The molecule has 142 valence electrons. The summed E-state index contributed by atoms with van der Waals surface area (Å²) in [6.45, 7) is 3.10. The predicted octanol–water partition coefficient (Wildman–Crippen LogP) is 3.71. The van der Waals surface area contributed by atoms with Crippen LogP contribution >= 0.6 is 23.5 Å². The molecule has 0 unspecified atom stereocenters. The summed E-state index contributed by atoms with van der Waals surface area (Å²) >= 11 is 3.20. The lowest BCUT2D eigenvalue weighted by molar-refractivity contribution is -0.133. The lowest BCUT2D eigenvalue weighted by Crippen LogP contribution is -2.34. The number of hydrogen-bond donors (Lipinski definition) is 2. The molecule has 2 aromatic rings. The fourth-order valence-electron chi connectivity index (χ4n) is 3.46. The molecule has 1 saturated heterocycles. The molecule has 0 atom stereocenters. The second-order valence-corrected chi connectivity index (χ2v) is 8.96. The number of nitrogens with zero attached hydrogens (tertiary/aromatic N) is 3. The van der Waals surface area contributed by atoms with Crippen LogP contribution in [0.5, 0.6) is 0 Å². The Balaban J connectivity index is 1.31. The zero-order valence-electron chi connectivity index (χ0n) is 14.9. The van der Waals surface area contributed by atoms with Crippen molar-refractivity contribution in [1.82, 2.24) is 14.9 Å². The smallest absolute Gasteiger partial charge is 0.313 e. The van der Waals surface area contributed by atoms with Crippen LogP contribution in [0.2, 0.25) is 0 Å². The fraction of sp³-hybridized carbons (Fsp3) is 0.421. The second-order valence-electron chi connectivity index (χ2n) is 6.90. The fourth-order valence-corrected chi connectivity index (χ4v) is 5.30. The van der Waals surface area contributed by atoms with Crippen LogP contribution in [0.15, 0.2) is 40.5 Å². The van der Waals surface area contributed by atoms with Gasteiger partial charge in [0.25, 0.3) is 0 Å². The number of aromatic nitrogens is 2. The van der Waals surface area contributed by atoms with Gasteiger partial charge in [-0.3, -0.25) is 9.69 Å². The van der Waals surface area contributed by atoms with Gasteiger partial charge in [-0.1, -0.05) is 17.8 Å². The van der Waals surface area contributed by atoms with E-state index in [0.29, 0.717) is 5.92 Å². The Labute approximate surface area is 167 Å². The number of fused-ring (bicyclic) bond motifs is 2. The summed E-state index contributed by atoms with van der Waals surface area (Å²) in [6, 6.07) is 6.58.